The minimum absolute atomic E-state index is 0.0334. The van der Waals surface area contributed by atoms with Crippen LogP contribution in [-0.2, 0) is 32.6 Å². The fourth-order valence-corrected chi connectivity index (χ4v) is 6.39. The number of carbonyl (C=O) groups excluding carboxylic acids is 2. The number of amides is 2. The number of benzene rings is 4. The van der Waals surface area contributed by atoms with Crippen LogP contribution < -0.4 is 9.62 Å². The normalized spacial score (nSPS) is 12.0. The lowest BCUT2D eigenvalue weighted by molar-refractivity contribution is -0.140. The van der Waals surface area contributed by atoms with Crippen molar-refractivity contribution in [1.29, 1.82) is 0 Å². The molecule has 0 saturated carbocycles. The van der Waals surface area contributed by atoms with E-state index in [1.807, 2.05) is 51.1 Å². The van der Waals surface area contributed by atoms with Crippen LogP contribution in [0.3, 0.4) is 0 Å². The summed E-state index contributed by atoms with van der Waals surface area (Å²) >= 11 is 0. The van der Waals surface area contributed by atoms with E-state index < -0.39 is 34.3 Å². The van der Waals surface area contributed by atoms with Crippen LogP contribution in [0.2, 0.25) is 0 Å². The number of carbonyl (C=O) groups is 2. The second-order valence-electron chi connectivity index (χ2n) is 11.1. The Balaban J connectivity index is 1.81. The van der Waals surface area contributed by atoms with Gasteiger partial charge in [0.1, 0.15) is 18.4 Å². The molecular weight excluding hydrogens is 577 g/mol. The number of halogens is 1. The molecule has 0 heterocycles. The summed E-state index contributed by atoms with van der Waals surface area (Å²) in [6, 6.07) is 27.2. The SMILES string of the molecule is Cc1ccc(S(=O)(=O)N(CC(=O)N(Cc2ccc(F)cc2)[C@H](Cc2ccccc2)C(=O)NC(C)C)c2ccccc2C)cc1. The number of aryl methyl sites for hydroxylation is 2. The minimum Gasteiger partial charge on any atom is -0.352 e. The molecule has 4 rings (SSSR count). The fourth-order valence-electron chi connectivity index (χ4n) is 4.92. The van der Waals surface area contributed by atoms with Gasteiger partial charge in [-0.2, -0.15) is 0 Å². The Bertz CT molecular complexity index is 1680. The first-order valence-electron chi connectivity index (χ1n) is 14.5. The lowest BCUT2D eigenvalue weighted by Crippen LogP contribution is -2.54. The summed E-state index contributed by atoms with van der Waals surface area (Å²) in [5.74, 6) is -1.38. The molecule has 0 aliphatic heterocycles. The fraction of sp³-hybridized carbons (Fsp3) is 0.257. The monoisotopic (exact) mass is 615 g/mol. The molecule has 9 heteroatoms. The Morgan fingerprint density at radius 2 is 1.41 bits per heavy atom. The van der Waals surface area contributed by atoms with E-state index in [4.69, 9.17) is 0 Å². The topological polar surface area (TPSA) is 86.8 Å². The van der Waals surface area contributed by atoms with Crippen LogP contribution in [0.4, 0.5) is 10.1 Å². The van der Waals surface area contributed by atoms with Gasteiger partial charge in [-0.3, -0.25) is 13.9 Å². The number of nitrogens with one attached hydrogen (secondary N) is 1. The van der Waals surface area contributed by atoms with Gasteiger partial charge >= 0.3 is 0 Å². The Labute approximate surface area is 259 Å². The summed E-state index contributed by atoms with van der Waals surface area (Å²) in [5, 5.41) is 2.92. The third kappa shape index (κ3) is 8.11. The van der Waals surface area contributed by atoms with Gasteiger partial charge in [0.2, 0.25) is 11.8 Å². The molecule has 7 nitrogen and oxygen atoms in total. The van der Waals surface area contributed by atoms with Crippen molar-refractivity contribution >= 4 is 27.5 Å². The summed E-state index contributed by atoms with van der Waals surface area (Å²) < 4.78 is 43.2. The maximum Gasteiger partial charge on any atom is 0.264 e. The van der Waals surface area contributed by atoms with Crippen LogP contribution >= 0.6 is 0 Å². The molecule has 0 unspecified atom stereocenters. The maximum atomic E-state index is 14.4. The number of hydrogen-bond acceptors (Lipinski definition) is 4. The van der Waals surface area contributed by atoms with Crippen LogP contribution in [0.1, 0.15) is 36.1 Å². The molecule has 44 heavy (non-hydrogen) atoms. The quantitative estimate of drug-likeness (QED) is 0.218. The number of rotatable bonds is 12. The van der Waals surface area contributed by atoms with E-state index in [1.165, 1.54) is 29.2 Å². The van der Waals surface area contributed by atoms with Crippen LogP contribution in [0.5, 0.6) is 0 Å². The van der Waals surface area contributed by atoms with Crippen LogP contribution in [0, 0.1) is 19.7 Å². The molecular formula is C35H38FN3O4S. The Kier molecular flexibility index (Phi) is 10.5. The largest absolute Gasteiger partial charge is 0.352 e. The van der Waals surface area contributed by atoms with Crippen LogP contribution in [0.15, 0.2) is 108 Å². The van der Waals surface area contributed by atoms with Crippen molar-refractivity contribution in [3.63, 3.8) is 0 Å². The number of anilines is 1. The number of sulfonamides is 1. The van der Waals surface area contributed by atoms with Crippen molar-refractivity contribution in [2.24, 2.45) is 0 Å². The van der Waals surface area contributed by atoms with Crippen molar-refractivity contribution in [3.8, 4) is 0 Å². The molecule has 0 saturated heterocycles. The zero-order chi connectivity index (χ0) is 31.9. The lowest BCUT2D eigenvalue weighted by atomic mass is 10.0. The van der Waals surface area contributed by atoms with E-state index in [1.54, 1.807) is 55.5 Å². The minimum atomic E-state index is -4.19. The highest BCUT2D eigenvalue weighted by Crippen LogP contribution is 2.28. The van der Waals surface area contributed by atoms with E-state index in [-0.39, 0.29) is 29.8 Å². The molecule has 0 bridgehead atoms. The third-order valence-electron chi connectivity index (χ3n) is 7.24. The lowest BCUT2D eigenvalue weighted by Gasteiger charge is -2.34. The van der Waals surface area contributed by atoms with Crippen molar-refractivity contribution in [1.82, 2.24) is 10.2 Å². The molecule has 1 N–H and O–H groups in total. The van der Waals surface area contributed by atoms with E-state index in [2.05, 4.69) is 5.32 Å². The Morgan fingerprint density at radius 1 is 0.795 bits per heavy atom. The zero-order valence-electron chi connectivity index (χ0n) is 25.4. The molecule has 1 atom stereocenters. The Hall–Kier alpha value is -4.50. The van der Waals surface area contributed by atoms with Gasteiger partial charge in [-0.15, -0.1) is 0 Å². The molecule has 0 fully saturated rings. The van der Waals surface area contributed by atoms with Crippen molar-refractivity contribution < 1.29 is 22.4 Å². The van der Waals surface area contributed by atoms with Gasteiger partial charge in [0.15, 0.2) is 0 Å². The molecule has 0 aliphatic carbocycles. The van der Waals surface area contributed by atoms with E-state index >= 15 is 0 Å². The van der Waals surface area contributed by atoms with E-state index in [0.717, 1.165) is 15.4 Å². The highest BCUT2D eigenvalue weighted by Gasteiger charge is 2.35. The molecule has 0 spiro atoms. The molecule has 0 aliphatic rings. The average molecular weight is 616 g/mol. The van der Waals surface area contributed by atoms with Crippen LogP contribution in [0.25, 0.3) is 0 Å². The summed E-state index contributed by atoms with van der Waals surface area (Å²) in [4.78, 5) is 29.6. The molecule has 0 aromatic heterocycles. The first kappa shape index (κ1) is 32.4. The molecule has 4 aromatic rings. The second-order valence-corrected chi connectivity index (χ2v) is 13.0. The van der Waals surface area contributed by atoms with Gasteiger partial charge in [0.05, 0.1) is 10.6 Å². The smallest absolute Gasteiger partial charge is 0.264 e. The molecule has 4 aromatic carbocycles. The maximum absolute atomic E-state index is 14.4. The first-order chi connectivity index (χ1) is 21.0. The highest BCUT2D eigenvalue weighted by molar-refractivity contribution is 7.92. The van der Waals surface area contributed by atoms with Gasteiger partial charge in [-0.25, -0.2) is 12.8 Å². The van der Waals surface area contributed by atoms with E-state index in [9.17, 15) is 22.4 Å². The predicted octanol–water partition coefficient (Wildman–Crippen LogP) is 5.80. The average Bonchev–Trinajstić information content (AvgIpc) is 2.99. The molecule has 0 radical (unpaired) electrons. The first-order valence-corrected chi connectivity index (χ1v) is 15.9. The summed E-state index contributed by atoms with van der Waals surface area (Å²) in [5.41, 5.74) is 3.34. The summed E-state index contributed by atoms with van der Waals surface area (Å²) in [6.45, 7) is 6.72. The Morgan fingerprint density at radius 3 is 2.02 bits per heavy atom. The summed E-state index contributed by atoms with van der Waals surface area (Å²) in [7, 11) is -4.19. The molecule has 2 amide bonds. The van der Waals surface area contributed by atoms with Crippen molar-refractivity contribution in [3.05, 3.63) is 131 Å². The number of hydrogen-bond donors (Lipinski definition) is 1. The molecule has 230 valence electrons. The number of para-hydroxylation sites is 1. The third-order valence-corrected chi connectivity index (χ3v) is 9.01. The standard InChI is InChI=1S/C35H38FN3O4S/c1-25(2)37-35(41)33(22-28-11-6-5-7-12-28)38(23-29-16-18-30(36)19-17-29)34(40)24-39(32-13-9-8-10-27(32)4)44(42,43)31-20-14-26(3)15-21-31/h5-21,25,33H,22-24H2,1-4H3,(H,37,41)/t33-/m1/s1. The van der Waals surface area contributed by atoms with Gasteiger partial charge < -0.3 is 10.2 Å². The summed E-state index contributed by atoms with van der Waals surface area (Å²) in [6.07, 6.45) is 0.196. The van der Waals surface area contributed by atoms with Gasteiger partial charge in [0.25, 0.3) is 10.0 Å². The van der Waals surface area contributed by atoms with Crippen LogP contribution in [-0.4, -0.2) is 43.8 Å². The highest BCUT2D eigenvalue weighted by atomic mass is 32.2. The van der Waals surface area contributed by atoms with Crippen molar-refractivity contribution in [2.75, 3.05) is 10.8 Å². The van der Waals surface area contributed by atoms with Gasteiger partial charge in [0, 0.05) is 19.0 Å². The predicted molar refractivity (Wildman–Crippen MR) is 171 cm³/mol. The van der Waals surface area contributed by atoms with Crippen molar-refractivity contribution in [2.45, 2.75) is 57.6 Å². The zero-order valence-corrected chi connectivity index (χ0v) is 26.2. The second kappa shape index (κ2) is 14.3. The van der Waals surface area contributed by atoms with E-state index in [0.29, 0.717) is 16.8 Å². The van der Waals surface area contributed by atoms with Gasteiger partial charge in [-0.05, 0) is 74.7 Å². The number of nitrogens with zero attached hydrogens (tertiary/aromatic N) is 2. The van der Waals surface area contributed by atoms with Gasteiger partial charge in [-0.1, -0.05) is 78.4 Å².